The van der Waals surface area contributed by atoms with Crippen LogP contribution >= 0.6 is 0 Å². The number of aromatic amines is 1. The number of likely N-dealkylation sites (tertiary alicyclic amines) is 1. The monoisotopic (exact) mass is 578 g/mol. The molecule has 2 aliphatic heterocycles. The zero-order valence-electron chi connectivity index (χ0n) is 23.0. The number of nitrogens with one attached hydrogen (secondary N) is 2. The van der Waals surface area contributed by atoms with Crippen LogP contribution < -0.4 is 11.1 Å². The molecule has 3 aromatic rings. The highest BCUT2D eigenvalue weighted by Gasteiger charge is 2.58. The van der Waals surface area contributed by atoms with Crippen molar-refractivity contribution in [2.45, 2.75) is 44.2 Å². The second-order valence-corrected chi connectivity index (χ2v) is 11.1. The van der Waals surface area contributed by atoms with Crippen molar-refractivity contribution in [2.24, 2.45) is 16.8 Å². The molecule has 0 bridgehead atoms. The van der Waals surface area contributed by atoms with E-state index in [1.807, 2.05) is 13.8 Å². The largest absolute Gasteiger partial charge is 0.368 e. The summed E-state index contributed by atoms with van der Waals surface area (Å²) in [7, 11) is 1.41. The Balaban J connectivity index is 1.50. The summed E-state index contributed by atoms with van der Waals surface area (Å²) in [6.45, 7) is 3.51. The Morgan fingerprint density at radius 2 is 1.98 bits per heavy atom. The first-order valence-electron chi connectivity index (χ1n) is 13.2. The van der Waals surface area contributed by atoms with Crippen molar-refractivity contribution >= 4 is 45.9 Å². The fourth-order valence-electron chi connectivity index (χ4n) is 5.94. The number of fused-ring (bicyclic) bond motifs is 3. The number of amides is 4. The molecule has 1 saturated heterocycles. The maximum atomic E-state index is 14.3. The van der Waals surface area contributed by atoms with E-state index in [4.69, 9.17) is 11.3 Å². The van der Waals surface area contributed by atoms with E-state index in [0.29, 0.717) is 17.3 Å². The van der Waals surface area contributed by atoms with Crippen LogP contribution in [0.3, 0.4) is 0 Å². The predicted octanol–water partition coefficient (Wildman–Crippen LogP) is 3.85. The van der Waals surface area contributed by atoms with Gasteiger partial charge in [-0.1, -0.05) is 25.0 Å². The molecule has 1 spiro atoms. The third-order valence-electron chi connectivity index (χ3n) is 7.98. The number of H-pyrrole nitrogens is 1. The standard InChI is InChI=1S/C28H28F2N8O4/c1-13(2)6-22(37(3)25(40)21-10-16-18(30)7-14(29)8-20(16)33-21)26(41)38-12-28(11-23(38)24(31)39)17-9-15(35-36-32)4-5-19(17)34-27(28)42/h4-5,7-10,13,22-23,33H,6,11-12H2,1-3H3,(H2,31,39)(H,34,42)/t22-,23-,28-/m0/s1. The molecule has 5 rings (SSSR count). The summed E-state index contributed by atoms with van der Waals surface area (Å²) in [5.41, 5.74) is 14.5. The number of hydrogen-bond acceptors (Lipinski definition) is 5. The number of anilines is 1. The molecule has 12 nitrogen and oxygen atoms in total. The average Bonchev–Trinajstić information content (AvgIpc) is 3.61. The van der Waals surface area contributed by atoms with Gasteiger partial charge in [0.05, 0.1) is 10.9 Å². The van der Waals surface area contributed by atoms with E-state index in [1.165, 1.54) is 35.0 Å². The number of rotatable bonds is 7. The lowest BCUT2D eigenvalue weighted by molar-refractivity contribution is -0.141. The smallest absolute Gasteiger partial charge is 0.270 e. The van der Waals surface area contributed by atoms with E-state index in [9.17, 15) is 28.0 Å². The van der Waals surface area contributed by atoms with Gasteiger partial charge in [0.15, 0.2) is 0 Å². The molecule has 42 heavy (non-hydrogen) atoms. The number of likely N-dealkylation sites (N-methyl/N-ethyl adjacent to an activating group) is 1. The molecule has 14 heteroatoms. The van der Waals surface area contributed by atoms with Crippen LogP contribution in [0.4, 0.5) is 20.2 Å². The first kappa shape index (κ1) is 28.6. The summed E-state index contributed by atoms with van der Waals surface area (Å²) in [6, 6.07) is 5.42. The van der Waals surface area contributed by atoms with E-state index < -0.39 is 52.8 Å². The van der Waals surface area contributed by atoms with Gasteiger partial charge >= 0.3 is 0 Å². The van der Waals surface area contributed by atoms with Gasteiger partial charge in [-0.2, -0.15) is 0 Å². The first-order valence-corrected chi connectivity index (χ1v) is 13.2. The number of halogens is 2. The summed E-state index contributed by atoms with van der Waals surface area (Å²) in [5.74, 6) is -4.24. The number of aromatic nitrogens is 1. The molecule has 1 fully saturated rings. The number of hydrogen-bond donors (Lipinski definition) is 3. The zero-order valence-corrected chi connectivity index (χ0v) is 23.0. The molecule has 4 amide bonds. The molecule has 0 aliphatic carbocycles. The van der Waals surface area contributed by atoms with Crippen LogP contribution in [0.2, 0.25) is 0 Å². The van der Waals surface area contributed by atoms with Gasteiger partial charge in [-0.25, -0.2) is 8.78 Å². The number of primary amides is 1. The van der Waals surface area contributed by atoms with Crippen molar-refractivity contribution in [3.8, 4) is 0 Å². The van der Waals surface area contributed by atoms with Crippen LogP contribution in [0.15, 0.2) is 41.5 Å². The summed E-state index contributed by atoms with van der Waals surface area (Å²) in [5, 5.41) is 6.40. The second-order valence-electron chi connectivity index (χ2n) is 11.1. The van der Waals surface area contributed by atoms with Crippen LogP contribution in [-0.4, -0.2) is 64.1 Å². The van der Waals surface area contributed by atoms with Crippen molar-refractivity contribution in [1.82, 2.24) is 14.8 Å². The minimum absolute atomic E-state index is 0.0150. The molecule has 1 aromatic heterocycles. The lowest BCUT2D eigenvalue weighted by atomic mass is 9.79. The van der Waals surface area contributed by atoms with Crippen molar-refractivity contribution in [2.75, 3.05) is 18.9 Å². The predicted molar refractivity (Wildman–Crippen MR) is 148 cm³/mol. The number of nitrogens with two attached hydrogens (primary N) is 1. The highest BCUT2D eigenvalue weighted by atomic mass is 19.1. The van der Waals surface area contributed by atoms with Gasteiger partial charge in [0.25, 0.3) is 5.91 Å². The topological polar surface area (TPSA) is 177 Å². The average molecular weight is 579 g/mol. The van der Waals surface area contributed by atoms with E-state index in [-0.39, 0.29) is 47.6 Å². The Morgan fingerprint density at radius 3 is 2.64 bits per heavy atom. The zero-order chi connectivity index (χ0) is 30.5. The third kappa shape index (κ3) is 4.69. The van der Waals surface area contributed by atoms with Crippen molar-refractivity contribution in [3.63, 3.8) is 0 Å². The molecule has 3 heterocycles. The maximum absolute atomic E-state index is 14.3. The van der Waals surface area contributed by atoms with Crippen LogP contribution in [0.1, 0.15) is 42.7 Å². The fraction of sp³-hybridized carbons (Fsp3) is 0.357. The number of carbonyl (C=O) groups excluding carboxylic acids is 4. The second kappa shape index (κ2) is 10.5. The summed E-state index contributed by atoms with van der Waals surface area (Å²) < 4.78 is 28.0. The Bertz CT molecular complexity index is 1700. The molecule has 2 aromatic carbocycles. The van der Waals surface area contributed by atoms with Crippen molar-refractivity contribution in [3.05, 3.63) is 69.7 Å². The molecule has 218 valence electrons. The van der Waals surface area contributed by atoms with E-state index >= 15 is 0 Å². The lowest BCUT2D eigenvalue weighted by Gasteiger charge is -2.33. The van der Waals surface area contributed by atoms with Gasteiger partial charge in [-0.15, -0.1) is 0 Å². The van der Waals surface area contributed by atoms with Gasteiger partial charge < -0.3 is 25.8 Å². The van der Waals surface area contributed by atoms with Gasteiger partial charge in [0.2, 0.25) is 17.7 Å². The Labute approximate surface area is 238 Å². The normalized spacial score (nSPS) is 20.0. The molecule has 0 radical (unpaired) electrons. The minimum Gasteiger partial charge on any atom is -0.368 e. The quantitative estimate of drug-likeness (QED) is 0.219. The first-order chi connectivity index (χ1) is 19.9. The Kier molecular flexibility index (Phi) is 7.11. The lowest BCUT2D eigenvalue weighted by Crippen LogP contribution is -2.54. The van der Waals surface area contributed by atoms with Gasteiger partial charge in [0, 0.05) is 41.3 Å². The summed E-state index contributed by atoms with van der Waals surface area (Å²) in [6.07, 6.45) is 0.0919. The van der Waals surface area contributed by atoms with Crippen molar-refractivity contribution in [1.29, 1.82) is 0 Å². The van der Waals surface area contributed by atoms with E-state index in [0.717, 1.165) is 6.07 Å². The van der Waals surface area contributed by atoms with Crippen LogP contribution in [0.5, 0.6) is 0 Å². The maximum Gasteiger partial charge on any atom is 0.270 e. The van der Waals surface area contributed by atoms with Gasteiger partial charge in [-0.3, -0.25) is 19.2 Å². The Morgan fingerprint density at radius 1 is 1.24 bits per heavy atom. The SMILES string of the molecule is CC(C)C[C@@H](C(=O)N1C[C@]2(C[C@H]1C(N)=O)C(=O)Nc1ccc(N=[N+]=[N-])cc12)N(C)C(=O)c1cc2c(F)cc(F)cc2[nH]1. The Hall–Kier alpha value is -4.97. The summed E-state index contributed by atoms with van der Waals surface area (Å²) >= 11 is 0. The number of benzene rings is 2. The van der Waals surface area contributed by atoms with E-state index in [2.05, 4.69) is 20.3 Å². The molecule has 0 unspecified atom stereocenters. The molecular formula is C28H28F2N8O4. The van der Waals surface area contributed by atoms with Gasteiger partial charge in [-0.05, 0) is 54.1 Å². The summed E-state index contributed by atoms with van der Waals surface area (Å²) in [4.78, 5) is 61.6. The molecular weight excluding hydrogens is 550 g/mol. The van der Waals surface area contributed by atoms with E-state index in [1.54, 1.807) is 6.07 Å². The van der Waals surface area contributed by atoms with Gasteiger partial charge in [0.1, 0.15) is 29.4 Å². The molecule has 2 aliphatic rings. The number of azide groups is 1. The fourth-order valence-corrected chi connectivity index (χ4v) is 5.94. The van der Waals surface area contributed by atoms with Crippen LogP contribution in [0, 0.1) is 17.6 Å². The number of nitrogens with zero attached hydrogens (tertiary/aromatic N) is 5. The molecule has 4 N–H and O–H groups in total. The van der Waals surface area contributed by atoms with Crippen LogP contribution in [-0.2, 0) is 19.8 Å². The molecule has 0 saturated carbocycles. The number of carbonyl (C=O) groups is 4. The van der Waals surface area contributed by atoms with Crippen LogP contribution in [0.25, 0.3) is 21.3 Å². The molecule has 3 atom stereocenters. The van der Waals surface area contributed by atoms with Crippen molar-refractivity contribution < 1.29 is 28.0 Å². The minimum atomic E-state index is -1.34. The third-order valence-corrected chi connectivity index (χ3v) is 7.98. The highest BCUT2D eigenvalue weighted by Crippen LogP contribution is 2.48. The highest BCUT2D eigenvalue weighted by molar-refractivity contribution is 6.09.